The van der Waals surface area contributed by atoms with Gasteiger partial charge in [-0.25, -0.2) is 4.99 Å². The van der Waals surface area contributed by atoms with Gasteiger partial charge in [0.2, 0.25) is 5.91 Å². The van der Waals surface area contributed by atoms with Crippen LogP contribution in [0.1, 0.15) is 45.7 Å². The first kappa shape index (κ1) is 28.5. The number of rotatable bonds is 11. The molecule has 0 fully saturated rings. The van der Waals surface area contributed by atoms with Crippen LogP contribution in [0.3, 0.4) is 0 Å². The highest BCUT2D eigenvalue weighted by molar-refractivity contribution is 14.0. The number of carbonyl (C=O) groups excluding carboxylic acids is 1. The van der Waals surface area contributed by atoms with Crippen LogP contribution in [-0.2, 0) is 16.1 Å². The second-order valence-electron chi connectivity index (χ2n) is 7.78. The molecule has 1 aromatic rings. The Balaban J connectivity index is 0.00000841. The largest absolute Gasteiger partial charge is 0.491 e. The average molecular weight is 534 g/mol. The van der Waals surface area contributed by atoms with E-state index in [0.29, 0.717) is 45.4 Å². The minimum atomic E-state index is -0.386. The third-order valence-corrected chi connectivity index (χ3v) is 4.05. The molecule has 0 saturated heterocycles. The first-order chi connectivity index (χ1) is 13.8. The molecule has 0 heterocycles. The van der Waals surface area contributed by atoms with Gasteiger partial charge in [-0.1, -0.05) is 32.9 Å². The average Bonchev–Trinajstić information content (AvgIpc) is 2.66. The number of aryl methyl sites for hydroxylation is 1. The van der Waals surface area contributed by atoms with Gasteiger partial charge in [-0.3, -0.25) is 4.79 Å². The normalized spacial score (nSPS) is 11.5. The summed E-state index contributed by atoms with van der Waals surface area (Å²) in [4.78, 5) is 16.6. The molecular weight excluding hydrogens is 495 g/mol. The standard InChI is InChI=1S/C22H38N4O3.HI/c1-7-23-21(25-12-11-24-20(27)22(4,5)6)26-16-18-10-9-17(3)15-19(18)29-14-13-28-8-2;/h9-10,15H,7-8,11-14,16H2,1-6H3,(H,24,27)(H2,23,25,26);1H. The Morgan fingerprint density at radius 2 is 1.77 bits per heavy atom. The molecule has 0 aromatic heterocycles. The highest BCUT2D eigenvalue weighted by Crippen LogP contribution is 2.21. The summed E-state index contributed by atoms with van der Waals surface area (Å²) >= 11 is 0. The molecule has 0 spiro atoms. The first-order valence-electron chi connectivity index (χ1n) is 10.4. The van der Waals surface area contributed by atoms with Gasteiger partial charge in [0.05, 0.1) is 13.2 Å². The Hall–Kier alpha value is -1.55. The maximum atomic E-state index is 11.9. The van der Waals surface area contributed by atoms with E-state index in [1.807, 2.05) is 53.7 Å². The van der Waals surface area contributed by atoms with Gasteiger partial charge in [-0.15, -0.1) is 24.0 Å². The van der Waals surface area contributed by atoms with Crippen LogP contribution in [0, 0.1) is 12.3 Å². The van der Waals surface area contributed by atoms with Crippen LogP contribution in [0.5, 0.6) is 5.75 Å². The Morgan fingerprint density at radius 1 is 1.07 bits per heavy atom. The van der Waals surface area contributed by atoms with Gasteiger partial charge >= 0.3 is 0 Å². The van der Waals surface area contributed by atoms with Crippen LogP contribution in [0.2, 0.25) is 0 Å². The summed E-state index contributed by atoms with van der Waals surface area (Å²) in [7, 11) is 0. The van der Waals surface area contributed by atoms with Crippen molar-refractivity contribution < 1.29 is 14.3 Å². The second kappa shape index (κ2) is 15.3. The van der Waals surface area contributed by atoms with E-state index in [4.69, 9.17) is 9.47 Å². The van der Waals surface area contributed by atoms with Crippen LogP contribution in [0.25, 0.3) is 0 Å². The number of benzene rings is 1. The molecule has 0 atom stereocenters. The van der Waals surface area contributed by atoms with E-state index >= 15 is 0 Å². The van der Waals surface area contributed by atoms with E-state index in [9.17, 15) is 4.79 Å². The Bertz CT molecular complexity index is 660. The number of nitrogens with one attached hydrogen (secondary N) is 3. The Labute approximate surface area is 198 Å². The molecule has 3 N–H and O–H groups in total. The van der Waals surface area contributed by atoms with Crippen molar-refractivity contribution in [2.24, 2.45) is 10.4 Å². The van der Waals surface area contributed by atoms with Crippen LogP contribution in [0.4, 0.5) is 0 Å². The smallest absolute Gasteiger partial charge is 0.225 e. The van der Waals surface area contributed by atoms with E-state index < -0.39 is 0 Å². The molecule has 172 valence electrons. The summed E-state index contributed by atoms with van der Waals surface area (Å²) in [5.74, 6) is 1.58. The summed E-state index contributed by atoms with van der Waals surface area (Å²) in [5, 5.41) is 9.41. The molecule has 0 aliphatic heterocycles. The van der Waals surface area contributed by atoms with Gasteiger partial charge in [0.15, 0.2) is 5.96 Å². The predicted octanol–water partition coefficient (Wildman–Crippen LogP) is 3.25. The molecule has 0 unspecified atom stereocenters. The summed E-state index contributed by atoms with van der Waals surface area (Å²) in [6, 6.07) is 6.13. The molecule has 7 nitrogen and oxygen atoms in total. The number of ether oxygens (including phenoxy) is 2. The number of hydrogen-bond donors (Lipinski definition) is 3. The molecule has 8 heteroatoms. The van der Waals surface area contributed by atoms with Crippen molar-refractivity contribution in [2.45, 2.75) is 48.1 Å². The number of carbonyl (C=O) groups is 1. The fourth-order valence-corrected chi connectivity index (χ4v) is 2.41. The summed E-state index contributed by atoms with van der Waals surface area (Å²) < 4.78 is 11.2. The maximum Gasteiger partial charge on any atom is 0.225 e. The van der Waals surface area contributed by atoms with Gasteiger partial charge in [0.1, 0.15) is 12.4 Å². The fourth-order valence-electron chi connectivity index (χ4n) is 2.41. The SMILES string of the molecule is CCNC(=NCc1ccc(C)cc1OCCOCC)NCCNC(=O)C(C)(C)C.I. The van der Waals surface area contributed by atoms with E-state index in [1.54, 1.807) is 0 Å². The molecule has 1 aromatic carbocycles. The third-order valence-electron chi connectivity index (χ3n) is 4.05. The molecule has 1 amide bonds. The van der Waals surface area contributed by atoms with Gasteiger partial charge in [0.25, 0.3) is 0 Å². The number of hydrogen-bond acceptors (Lipinski definition) is 4. The molecule has 30 heavy (non-hydrogen) atoms. The Kier molecular flexibility index (Phi) is 14.5. The quantitative estimate of drug-likeness (QED) is 0.176. The molecule has 0 aliphatic rings. The Morgan fingerprint density at radius 3 is 2.40 bits per heavy atom. The highest BCUT2D eigenvalue weighted by atomic mass is 127. The number of nitrogens with zero attached hydrogens (tertiary/aromatic N) is 1. The van der Waals surface area contributed by atoms with E-state index in [-0.39, 0.29) is 35.3 Å². The van der Waals surface area contributed by atoms with Crippen molar-refractivity contribution in [3.8, 4) is 5.75 Å². The van der Waals surface area contributed by atoms with Gasteiger partial charge in [0, 0.05) is 37.2 Å². The predicted molar refractivity (Wildman–Crippen MR) is 134 cm³/mol. The zero-order valence-corrected chi connectivity index (χ0v) is 21.6. The molecule has 0 aliphatic carbocycles. The summed E-state index contributed by atoms with van der Waals surface area (Å²) in [6.45, 7) is 15.9. The zero-order chi connectivity index (χ0) is 21.7. The first-order valence-corrected chi connectivity index (χ1v) is 10.4. The van der Waals surface area contributed by atoms with E-state index in [1.165, 1.54) is 0 Å². The van der Waals surface area contributed by atoms with Gasteiger partial charge in [-0.2, -0.15) is 0 Å². The molecule has 0 saturated carbocycles. The van der Waals surface area contributed by atoms with Crippen molar-refractivity contribution >= 4 is 35.8 Å². The number of guanidine groups is 1. The van der Waals surface area contributed by atoms with Gasteiger partial charge in [-0.05, 0) is 32.4 Å². The summed E-state index contributed by atoms with van der Waals surface area (Å²) in [5.41, 5.74) is 1.77. The van der Waals surface area contributed by atoms with E-state index in [0.717, 1.165) is 23.4 Å². The van der Waals surface area contributed by atoms with Crippen LogP contribution >= 0.6 is 24.0 Å². The second-order valence-corrected chi connectivity index (χ2v) is 7.78. The lowest BCUT2D eigenvalue weighted by atomic mass is 9.96. The van der Waals surface area contributed by atoms with Crippen LogP contribution in [0.15, 0.2) is 23.2 Å². The number of aliphatic imine (C=N–C) groups is 1. The molecule has 0 radical (unpaired) electrons. The summed E-state index contributed by atoms with van der Waals surface area (Å²) in [6.07, 6.45) is 0. The highest BCUT2D eigenvalue weighted by Gasteiger charge is 2.20. The van der Waals surface area contributed by atoms with Gasteiger partial charge < -0.3 is 25.4 Å². The minimum absolute atomic E-state index is 0. The van der Waals surface area contributed by atoms with Crippen molar-refractivity contribution in [3.05, 3.63) is 29.3 Å². The molecule has 0 bridgehead atoms. The van der Waals surface area contributed by atoms with E-state index in [2.05, 4.69) is 27.0 Å². The zero-order valence-electron chi connectivity index (χ0n) is 19.3. The fraction of sp³-hybridized carbons (Fsp3) is 0.636. The lowest BCUT2D eigenvalue weighted by molar-refractivity contribution is -0.128. The van der Waals surface area contributed by atoms with Crippen molar-refractivity contribution in [3.63, 3.8) is 0 Å². The van der Waals surface area contributed by atoms with Crippen LogP contribution in [-0.4, -0.2) is 51.3 Å². The van der Waals surface area contributed by atoms with Crippen molar-refractivity contribution in [1.29, 1.82) is 0 Å². The molecular formula is C22H39IN4O3. The topological polar surface area (TPSA) is 84.0 Å². The molecule has 1 rings (SSSR count). The maximum absolute atomic E-state index is 11.9. The lowest BCUT2D eigenvalue weighted by Gasteiger charge is -2.18. The monoisotopic (exact) mass is 534 g/mol. The van der Waals surface area contributed by atoms with Crippen molar-refractivity contribution in [2.75, 3.05) is 39.5 Å². The third kappa shape index (κ3) is 11.6. The lowest BCUT2D eigenvalue weighted by Crippen LogP contribution is -2.43. The van der Waals surface area contributed by atoms with Crippen LogP contribution < -0.4 is 20.7 Å². The number of amides is 1. The van der Waals surface area contributed by atoms with Crippen molar-refractivity contribution in [1.82, 2.24) is 16.0 Å². The minimum Gasteiger partial charge on any atom is -0.491 e. The number of halogens is 1.